The first-order valence-corrected chi connectivity index (χ1v) is 4.06. The van der Waals surface area contributed by atoms with Crippen molar-refractivity contribution in [2.75, 3.05) is 20.7 Å². The van der Waals surface area contributed by atoms with E-state index in [0.29, 0.717) is 6.10 Å². The number of rotatable bonds is 1. The van der Waals surface area contributed by atoms with Gasteiger partial charge in [0.05, 0.1) is 6.10 Å². The molecule has 3 unspecified atom stereocenters. The van der Waals surface area contributed by atoms with Crippen LogP contribution < -0.4 is 0 Å². The maximum atomic E-state index is 5.33. The van der Waals surface area contributed by atoms with Crippen LogP contribution in [0.4, 0.5) is 0 Å². The molecule has 0 aromatic carbocycles. The molecule has 0 N–H and O–H groups in total. The van der Waals surface area contributed by atoms with Crippen LogP contribution in [0.2, 0.25) is 0 Å². The number of fused-ring (bicyclic) bond motifs is 1. The SMILES string of the molecule is COC1CC2CCN(C)C21. The zero-order valence-electron chi connectivity index (χ0n) is 6.71. The molecular weight excluding hydrogens is 126 g/mol. The van der Waals surface area contributed by atoms with Gasteiger partial charge in [0.15, 0.2) is 0 Å². The van der Waals surface area contributed by atoms with Crippen molar-refractivity contribution in [2.24, 2.45) is 5.92 Å². The molecule has 0 aromatic rings. The molecule has 0 spiro atoms. The van der Waals surface area contributed by atoms with Gasteiger partial charge in [-0.1, -0.05) is 0 Å². The minimum absolute atomic E-state index is 0.539. The summed E-state index contributed by atoms with van der Waals surface area (Å²) in [6.07, 6.45) is 3.23. The molecule has 2 rings (SSSR count). The molecule has 1 saturated heterocycles. The smallest absolute Gasteiger partial charge is 0.0732 e. The first-order chi connectivity index (χ1) is 4.83. The average Bonchev–Trinajstić information content (AvgIpc) is 2.09. The third-order valence-corrected chi connectivity index (χ3v) is 3.06. The lowest BCUT2D eigenvalue weighted by Gasteiger charge is -2.42. The Labute approximate surface area is 62.2 Å². The van der Waals surface area contributed by atoms with Crippen molar-refractivity contribution in [1.82, 2.24) is 4.90 Å². The molecule has 3 atom stereocenters. The Hall–Kier alpha value is -0.0800. The summed E-state index contributed by atoms with van der Waals surface area (Å²) in [6.45, 7) is 1.27. The summed E-state index contributed by atoms with van der Waals surface area (Å²) in [6, 6.07) is 0.755. The molecule has 1 aliphatic heterocycles. The number of likely N-dealkylation sites (N-methyl/N-ethyl adjacent to an activating group) is 1. The van der Waals surface area contributed by atoms with Crippen LogP contribution in [0, 0.1) is 5.92 Å². The Bertz CT molecular complexity index is 131. The van der Waals surface area contributed by atoms with Gasteiger partial charge in [-0.2, -0.15) is 0 Å². The van der Waals surface area contributed by atoms with Crippen LogP contribution in [-0.4, -0.2) is 37.7 Å². The monoisotopic (exact) mass is 141 g/mol. The first kappa shape index (κ1) is 6.62. The average molecular weight is 141 g/mol. The maximum Gasteiger partial charge on any atom is 0.0732 e. The summed E-state index contributed by atoms with van der Waals surface area (Å²) in [5.41, 5.74) is 0. The number of nitrogens with zero attached hydrogens (tertiary/aromatic N) is 1. The van der Waals surface area contributed by atoms with Gasteiger partial charge >= 0.3 is 0 Å². The van der Waals surface area contributed by atoms with Crippen LogP contribution in [0.1, 0.15) is 12.8 Å². The predicted octanol–water partition coefficient (Wildman–Crippen LogP) is 0.725. The number of ether oxygens (including phenoxy) is 1. The summed E-state index contributed by atoms with van der Waals surface area (Å²) < 4.78 is 5.33. The minimum Gasteiger partial charge on any atom is -0.380 e. The molecule has 2 aliphatic rings. The Morgan fingerprint density at radius 1 is 1.50 bits per heavy atom. The van der Waals surface area contributed by atoms with Gasteiger partial charge in [0.25, 0.3) is 0 Å². The molecule has 1 saturated carbocycles. The third-order valence-electron chi connectivity index (χ3n) is 3.06. The van der Waals surface area contributed by atoms with Gasteiger partial charge in [-0.15, -0.1) is 0 Å². The molecule has 0 radical (unpaired) electrons. The van der Waals surface area contributed by atoms with Crippen molar-refractivity contribution in [3.05, 3.63) is 0 Å². The largest absolute Gasteiger partial charge is 0.380 e. The molecule has 58 valence electrons. The van der Waals surface area contributed by atoms with Crippen LogP contribution >= 0.6 is 0 Å². The van der Waals surface area contributed by atoms with Crippen molar-refractivity contribution < 1.29 is 4.74 Å². The Balaban J connectivity index is 1.99. The second-order valence-electron chi connectivity index (χ2n) is 3.53. The van der Waals surface area contributed by atoms with E-state index in [-0.39, 0.29) is 0 Å². The van der Waals surface area contributed by atoms with E-state index in [2.05, 4.69) is 11.9 Å². The summed E-state index contributed by atoms with van der Waals surface area (Å²) in [5.74, 6) is 0.954. The number of likely N-dealkylation sites (tertiary alicyclic amines) is 1. The van der Waals surface area contributed by atoms with Crippen molar-refractivity contribution in [2.45, 2.75) is 25.0 Å². The summed E-state index contributed by atoms with van der Waals surface area (Å²) in [4.78, 5) is 2.43. The second-order valence-corrected chi connectivity index (χ2v) is 3.53. The number of hydrogen-bond donors (Lipinski definition) is 0. The Kier molecular flexibility index (Phi) is 1.46. The highest BCUT2D eigenvalue weighted by atomic mass is 16.5. The maximum absolute atomic E-state index is 5.33. The van der Waals surface area contributed by atoms with Gasteiger partial charge in [-0.05, 0) is 32.4 Å². The van der Waals surface area contributed by atoms with Crippen molar-refractivity contribution in [3.63, 3.8) is 0 Å². The van der Waals surface area contributed by atoms with E-state index in [9.17, 15) is 0 Å². The van der Waals surface area contributed by atoms with Crippen LogP contribution in [0.5, 0.6) is 0 Å². The van der Waals surface area contributed by atoms with Gasteiger partial charge < -0.3 is 9.64 Å². The molecule has 0 aromatic heterocycles. The fraction of sp³-hybridized carbons (Fsp3) is 1.00. The molecule has 0 amide bonds. The normalized spacial score (nSPS) is 46.8. The topological polar surface area (TPSA) is 12.5 Å². The van der Waals surface area contributed by atoms with E-state index in [1.54, 1.807) is 0 Å². The lowest BCUT2D eigenvalue weighted by Crippen LogP contribution is -2.51. The van der Waals surface area contributed by atoms with Gasteiger partial charge in [0, 0.05) is 13.2 Å². The fourth-order valence-corrected chi connectivity index (χ4v) is 2.37. The van der Waals surface area contributed by atoms with E-state index in [4.69, 9.17) is 4.74 Å². The minimum atomic E-state index is 0.539. The molecule has 2 heteroatoms. The van der Waals surface area contributed by atoms with E-state index in [1.807, 2.05) is 7.11 Å². The molecule has 1 aliphatic carbocycles. The van der Waals surface area contributed by atoms with Gasteiger partial charge in [-0.3, -0.25) is 0 Å². The van der Waals surface area contributed by atoms with E-state index >= 15 is 0 Å². The Morgan fingerprint density at radius 2 is 2.30 bits per heavy atom. The zero-order valence-corrected chi connectivity index (χ0v) is 6.71. The highest BCUT2D eigenvalue weighted by Crippen LogP contribution is 2.40. The van der Waals surface area contributed by atoms with Crippen molar-refractivity contribution in [1.29, 1.82) is 0 Å². The van der Waals surface area contributed by atoms with Crippen LogP contribution in [-0.2, 0) is 4.74 Å². The van der Waals surface area contributed by atoms with Crippen LogP contribution in [0.3, 0.4) is 0 Å². The molecule has 10 heavy (non-hydrogen) atoms. The van der Waals surface area contributed by atoms with Crippen molar-refractivity contribution >= 4 is 0 Å². The third kappa shape index (κ3) is 0.722. The summed E-state index contributed by atoms with van der Waals surface area (Å²) >= 11 is 0. The quantitative estimate of drug-likeness (QED) is 0.533. The van der Waals surface area contributed by atoms with Gasteiger partial charge in [-0.25, -0.2) is 0 Å². The standard InChI is InChI=1S/C8H15NO/c1-9-4-3-6-5-7(10-2)8(6)9/h6-8H,3-5H2,1-2H3. The zero-order chi connectivity index (χ0) is 7.14. The van der Waals surface area contributed by atoms with E-state index in [1.165, 1.54) is 19.4 Å². The molecule has 2 fully saturated rings. The molecular formula is C8H15NO. The van der Waals surface area contributed by atoms with Gasteiger partial charge in [0.1, 0.15) is 0 Å². The fourth-order valence-electron chi connectivity index (χ4n) is 2.37. The predicted molar refractivity (Wildman–Crippen MR) is 39.9 cm³/mol. The van der Waals surface area contributed by atoms with Crippen LogP contribution in [0.25, 0.3) is 0 Å². The summed E-state index contributed by atoms with van der Waals surface area (Å²) in [7, 11) is 4.03. The number of hydrogen-bond acceptors (Lipinski definition) is 2. The highest BCUT2D eigenvalue weighted by molar-refractivity contribution is 5.00. The lowest BCUT2D eigenvalue weighted by atomic mass is 9.77. The lowest BCUT2D eigenvalue weighted by molar-refractivity contribution is -0.0505. The second kappa shape index (κ2) is 2.21. The number of methoxy groups -OCH3 is 1. The van der Waals surface area contributed by atoms with E-state index < -0.39 is 0 Å². The van der Waals surface area contributed by atoms with E-state index in [0.717, 1.165) is 12.0 Å². The highest BCUT2D eigenvalue weighted by Gasteiger charge is 2.47. The first-order valence-electron chi connectivity index (χ1n) is 4.06. The molecule has 2 nitrogen and oxygen atoms in total. The molecule has 0 bridgehead atoms. The van der Waals surface area contributed by atoms with Crippen LogP contribution in [0.15, 0.2) is 0 Å². The Morgan fingerprint density at radius 3 is 2.90 bits per heavy atom. The molecule has 1 heterocycles. The van der Waals surface area contributed by atoms with Crippen molar-refractivity contribution in [3.8, 4) is 0 Å². The van der Waals surface area contributed by atoms with Gasteiger partial charge in [0.2, 0.25) is 0 Å². The summed E-state index contributed by atoms with van der Waals surface area (Å²) in [5, 5.41) is 0.